The average molecular weight is 282 g/mol. The van der Waals surface area contributed by atoms with E-state index < -0.39 is 0 Å². The van der Waals surface area contributed by atoms with Crippen molar-refractivity contribution in [2.75, 3.05) is 0 Å². The Morgan fingerprint density at radius 3 is 2.38 bits per heavy atom. The van der Waals surface area contributed by atoms with E-state index in [1.807, 2.05) is 32.0 Å². The van der Waals surface area contributed by atoms with Crippen LogP contribution in [0.2, 0.25) is 0 Å². The van der Waals surface area contributed by atoms with Gasteiger partial charge in [0, 0.05) is 0 Å². The second-order valence-electron chi connectivity index (χ2n) is 5.69. The highest BCUT2D eigenvalue weighted by Gasteiger charge is 2.11. The minimum absolute atomic E-state index is 0.0198. The first-order chi connectivity index (χ1) is 9.88. The fraction of sp³-hybridized carbons (Fsp3) is 0.278. The highest BCUT2D eigenvalue weighted by atomic mass is 16.5. The predicted molar refractivity (Wildman–Crippen MR) is 87.5 cm³/mol. The lowest BCUT2D eigenvalue weighted by molar-refractivity contribution is 0.476. The lowest BCUT2D eigenvalue weighted by Gasteiger charge is -2.15. The zero-order chi connectivity index (χ0) is 15.6. The number of nitrogens with two attached hydrogens (primary N) is 1. The van der Waals surface area contributed by atoms with Crippen LogP contribution in [-0.2, 0) is 0 Å². The molecule has 0 saturated carbocycles. The van der Waals surface area contributed by atoms with E-state index in [0.29, 0.717) is 17.2 Å². The van der Waals surface area contributed by atoms with Gasteiger partial charge in [0.15, 0.2) is 0 Å². The van der Waals surface area contributed by atoms with Gasteiger partial charge in [-0.3, -0.25) is 5.41 Å². The molecule has 0 aliphatic heterocycles. The van der Waals surface area contributed by atoms with Crippen molar-refractivity contribution in [1.82, 2.24) is 0 Å². The van der Waals surface area contributed by atoms with Gasteiger partial charge in [-0.05, 0) is 49.1 Å². The van der Waals surface area contributed by atoms with Crippen LogP contribution in [0.25, 0.3) is 0 Å². The molecule has 3 nitrogen and oxygen atoms in total. The SMILES string of the molecule is Cc1ccc(Oc2cc(C(C)C)ccc2C)c(C(=N)N)c1. The van der Waals surface area contributed by atoms with Crippen molar-refractivity contribution < 1.29 is 4.74 Å². The quantitative estimate of drug-likeness (QED) is 0.640. The lowest BCUT2D eigenvalue weighted by Crippen LogP contribution is -2.12. The summed E-state index contributed by atoms with van der Waals surface area (Å²) in [4.78, 5) is 0. The van der Waals surface area contributed by atoms with Crippen molar-refractivity contribution in [3.05, 3.63) is 58.7 Å². The molecular formula is C18H22N2O. The first kappa shape index (κ1) is 15.1. The zero-order valence-corrected chi connectivity index (χ0v) is 13.0. The summed E-state index contributed by atoms with van der Waals surface area (Å²) in [6, 6.07) is 11.9. The van der Waals surface area contributed by atoms with Crippen LogP contribution in [0.1, 0.15) is 42.0 Å². The summed E-state index contributed by atoms with van der Waals surface area (Å²) < 4.78 is 6.03. The number of aryl methyl sites for hydroxylation is 2. The summed E-state index contributed by atoms with van der Waals surface area (Å²) in [5.41, 5.74) is 9.63. The zero-order valence-electron chi connectivity index (χ0n) is 13.0. The molecule has 3 heteroatoms. The predicted octanol–water partition coefficient (Wildman–Crippen LogP) is 4.50. The van der Waals surface area contributed by atoms with E-state index in [9.17, 15) is 0 Å². The monoisotopic (exact) mass is 282 g/mol. The van der Waals surface area contributed by atoms with Gasteiger partial charge in [-0.2, -0.15) is 0 Å². The Labute approximate surface area is 126 Å². The van der Waals surface area contributed by atoms with E-state index in [0.717, 1.165) is 16.9 Å². The minimum atomic E-state index is 0.0198. The molecule has 21 heavy (non-hydrogen) atoms. The second kappa shape index (κ2) is 6.00. The van der Waals surface area contributed by atoms with Crippen molar-refractivity contribution in [2.45, 2.75) is 33.6 Å². The van der Waals surface area contributed by atoms with Crippen LogP contribution in [0.3, 0.4) is 0 Å². The standard InChI is InChI=1S/C18H22N2O/c1-11(2)14-7-6-13(4)17(10-14)21-16-8-5-12(3)9-15(16)18(19)20/h5-11H,1-4H3,(H3,19,20). The molecule has 0 fully saturated rings. The van der Waals surface area contributed by atoms with E-state index in [4.69, 9.17) is 15.9 Å². The first-order valence-corrected chi connectivity index (χ1v) is 7.12. The van der Waals surface area contributed by atoms with Gasteiger partial charge in [-0.25, -0.2) is 0 Å². The topological polar surface area (TPSA) is 59.1 Å². The first-order valence-electron chi connectivity index (χ1n) is 7.12. The van der Waals surface area contributed by atoms with Crippen molar-refractivity contribution in [2.24, 2.45) is 5.73 Å². The maximum absolute atomic E-state index is 7.70. The van der Waals surface area contributed by atoms with Crippen LogP contribution in [0.5, 0.6) is 11.5 Å². The molecule has 0 bridgehead atoms. The number of rotatable bonds is 4. The Kier molecular flexibility index (Phi) is 4.32. The Hall–Kier alpha value is -2.29. The summed E-state index contributed by atoms with van der Waals surface area (Å²) in [6.07, 6.45) is 0. The molecule has 0 radical (unpaired) electrons. The third kappa shape index (κ3) is 3.43. The van der Waals surface area contributed by atoms with Gasteiger partial charge in [0.2, 0.25) is 0 Å². The molecule has 0 amide bonds. The fourth-order valence-electron chi connectivity index (χ4n) is 2.15. The van der Waals surface area contributed by atoms with Crippen LogP contribution in [-0.4, -0.2) is 5.84 Å². The molecule has 2 rings (SSSR count). The number of amidine groups is 1. The summed E-state index contributed by atoms with van der Waals surface area (Å²) in [5, 5.41) is 7.70. The Morgan fingerprint density at radius 1 is 1.05 bits per heavy atom. The third-order valence-electron chi connectivity index (χ3n) is 3.52. The smallest absolute Gasteiger partial charge is 0.138 e. The molecule has 0 saturated heterocycles. The molecule has 0 spiro atoms. The van der Waals surface area contributed by atoms with Gasteiger partial charge in [0.1, 0.15) is 17.3 Å². The van der Waals surface area contributed by atoms with Gasteiger partial charge in [0.25, 0.3) is 0 Å². The summed E-state index contributed by atoms with van der Waals surface area (Å²) in [7, 11) is 0. The van der Waals surface area contributed by atoms with E-state index in [1.54, 1.807) is 0 Å². The minimum Gasteiger partial charge on any atom is -0.456 e. The molecule has 0 aromatic heterocycles. The van der Waals surface area contributed by atoms with Gasteiger partial charge in [0.05, 0.1) is 5.56 Å². The molecule has 0 aliphatic rings. The number of nitrogens with one attached hydrogen (secondary N) is 1. The van der Waals surface area contributed by atoms with Crippen LogP contribution < -0.4 is 10.5 Å². The number of ether oxygens (including phenoxy) is 1. The summed E-state index contributed by atoms with van der Waals surface area (Å²) in [6.45, 7) is 8.30. The Morgan fingerprint density at radius 2 is 1.76 bits per heavy atom. The van der Waals surface area contributed by atoms with E-state index in [-0.39, 0.29) is 5.84 Å². The number of benzene rings is 2. The molecule has 0 atom stereocenters. The maximum atomic E-state index is 7.70. The third-order valence-corrected chi connectivity index (χ3v) is 3.52. The number of hydrogen-bond donors (Lipinski definition) is 2. The highest BCUT2D eigenvalue weighted by Crippen LogP contribution is 2.31. The van der Waals surface area contributed by atoms with Crippen molar-refractivity contribution in [1.29, 1.82) is 5.41 Å². The van der Waals surface area contributed by atoms with Crippen LogP contribution in [0.15, 0.2) is 36.4 Å². The number of nitrogen functional groups attached to an aromatic ring is 1. The van der Waals surface area contributed by atoms with Crippen molar-refractivity contribution in [3.8, 4) is 11.5 Å². The van der Waals surface area contributed by atoms with Gasteiger partial charge in [-0.15, -0.1) is 0 Å². The molecule has 0 heterocycles. The average Bonchev–Trinajstić information content (AvgIpc) is 2.42. The molecule has 2 aromatic carbocycles. The normalized spacial score (nSPS) is 10.7. The molecule has 0 unspecified atom stereocenters. The molecule has 2 aromatic rings. The summed E-state index contributed by atoms with van der Waals surface area (Å²) >= 11 is 0. The second-order valence-corrected chi connectivity index (χ2v) is 5.69. The van der Waals surface area contributed by atoms with E-state index in [2.05, 4.69) is 32.0 Å². The van der Waals surface area contributed by atoms with Crippen LogP contribution in [0, 0.1) is 19.3 Å². The fourth-order valence-corrected chi connectivity index (χ4v) is 2.15. The Balaban J connectivity index is 2.43. The van der Waals surface area contributed by atoms with Crippen molar-refractivity contribution >= 4 is 5.84 Å². The highest BCUT2D eigenvalue weighted by molar-refractivity contribution is 5.97. The van der Waals surface area contributed by atoms with Crippen molar-refractivity contribution in [3.63, 3.8) is 0 Å². The molecule has 3 N–H and O–H groups in total. The van der Waals surface area contributed by atoms with Crippen LogP contribution in [0.4, 0.5) is 0 Å². The van der Waals surface area contributed by atoms with E-state index in [1.165, 1.54) is 5.56 Å². The molecular weight excluding hydrogens is 260 g/mol. The van der Waals surface area contributed by atoms with Gasteiger partial charge in [-0.1, -0.05) is 37.6 Å². The van der Waals surface area contributed by atoms with Gasteiger partial charge < -0.3 is 10.5 Å². The largest absolute Gasteiger partial charge is 0.456 e. The maximum Gasteiger partial charge on any atom is 0.138 e. The van der Waals surface area contributed by atoms with Crippen LogP contribution >= 0.6 is 0 Å². The van der Waals surface area contributed by atoms with E-state index >= 15 is 0 Å². The Bertz CT molecular complexity index is 675. The van der Waals surface area contributed by atoms with Gasteiger partial charge >= 0.3 is 0 Å². The summed E-state index contributed by atoms with van der Waals surface area (Å²) in [5.74, 6) is 1.90. The molecule has 0 aliphatic carbocycles. The number of hydrogen-bond acceptors (Lipinski definition) is 2. The molecule has 110 valence electrons. The lowest BCUT2D eigenvalue weighted by atomic mass is 10.0.